The standard InChI is InChI=1S/C22H30N4O/c1-2-7-21-23-24-22(27-21)25-13-16-12-18(15-25)20-11-6-10-19(26(20)14-16)17-8-4-3-5-9-17/h3-5,8-9,16,18-20H,2,6-7,10-15H2,1H3/t16-,18+,19+,20-/m0/s1. The number of benzene rings is 1. The van der Waals surface area contributed by atoms with Gasteiger partial charge in [0.1, 0.15) is 0 Å². The molecule has 0 saturated carbocycles. The van der Waals surface area contributed by atoms with E-state index in [-0.39, 0.29) is 0 Å². The summed E-state index contributed by atoms with van der Waals surface area (Å²) in [5, 5.41) is 8.59. The van der Waals surface area contributed by atoms with E-state index in [2.05, 4.69) is 57.3 Å². The van der Waals surface area contributed by atoms with Crippen molar-refractivity contribution in [2.75, 3.05) is 24.5 Å². The van der Waals surface area contributed by atoms with Crippen molar-refractivity contribution in [2.24, 2.45) is 11.8 Å². The molecule has 5 rings (SSSR count). The number of anilines is 1. The number of aromatic nitrogens is 2. The van der Waals surface area contributed by atoms with Crippen LogP contribution in [0.2, 0.25) is 0 Å². The van der Waals surface area contributed by atoms with Gasteiger partial charge in [-0.25, -0.2) is 0 Å². The first-order valence-corrected chi connectivity index (χ1v) is 10.7. The monoisotopic (exact) mass is 366 g/mol. The molecular weight excluding hydrogens is 336 g/mol. The summed E-state index contributed by atoms with van der Waals surface area (Å²) in [6, 6.07) is 13.2. The molecular formula is C22H30N4O. The van der Waals surface area contributed by atoms with Gasteiger partial charge in [-0.15, -0.1) is 5.10 Å². The number of hydrogen-bond acceptors (Lipinski definition) is 5. The van der Waals surface area contributed by atoms with Gasteiger partial charge in [-0.05, 0) is 49.5 Å². The van der Waals surface area contributed by atoms with Crippen LogP contribution < -0.4 is 4.90 Å². The first-order valence-electron chi connectivity index (χ1n) is 10.7. The molecule has 4 atom stereocenters. The van der Waals surface area contributed by atoms with Gasteiger partial charge in [0, 0.05) is 38.1 Å². The van der Waals surface area contributed by atoms with E-state index >= 15 is 0 Å². The second kappa shape index (κ2) is 7.27. The van der Waals surface area contributed by atoms with Crippen LogP contribution in [-0.2, 0) is 6.42 Å². The van der Waals surface area contributed by atoms with E-state index in [9.17, 15) is 0 Å². The van der Waals surface area contributed by atoms with Crippen molar-refractivity contribution in [1.82, 2.24) is 15.1 Å². The Morgan fingerprint density at radius 1 is 1.07 bits per heavy atom. The minimum atomic E-state index is 0.598. The Morgan fingerprint density at radius 3 is 2.81 bits per heavy atom. The number of rotatable bonds is 4. The molecule has 3 fully saturated rings. The SMILES string of the molecule is CCCc1nnc(N2C[C@@H]3C[C@H](C2)[C@@H]2CCC[C@H](c4ccccc4)N2C3)o1. The highest BCUT2D eigenvalue weighted by Gasteiger charge is 2.45. The number of aryl methyl sites for hydroxylation is 1. The molecule has 0 amide bonds. The third kappa shape index (κ3) is 3.27. The number of fused-ring (bicyclic) bond motifs is 4. The molecule has 4 heterocycles. The van der Waals surface area contributed by atoms with Gasteiger partial charge in [-0.2, -0.15) is 0 Å². The number of piperidine rings is 3. The first-order chi connectivity index (χ1) is 13.3. The molecule has 0 spiro atoms. The molecule has 5 nitrogen and oxygen atoms in total. The van der Waals surface area contributed by atoms with E-state index < -0.39 is 0 Å². The second-order valence-corrected chi connectivity index (χ2v) is 8.62. The average molecular weight is 367 g/mol. The molecule has 1 aromatic carbocycles. The minimum Gasteiger partial charge on any atom is -0.408 e. The van der Waals surface area contributed by atoms with Crippen LogP contribution in [0.25, 0.3) is 0 Å². The van der Waals surface area contributed by atoms with Crippen LogP contribution in [0.1, 0.15) is 56.5 Å². The largest absolute Gasteiger partial charge is 0.408 e. The fourth-order valence-corrected chi connectivity index (χ4v) is 5.68. The molecule has 2 bridgehead atoms. The molecule has 0 radical (unpaired) electrons. The Balaban J connectivity index is 1.35. The van der Waals surface area contributed by atoms with Crippen molar-refractivity contribution in [2.45, 2.75) is 57.5 Å². The highest BCUT2D eigenvalue weighted by Crippen LogP contribution is 2.44. The van der Waals surface area contributed by atoms with Gasteiger partial charge < -0.3 is 9.32 Å². The summed E-state index contributed by atoms with van der Waals surface area (Å²) in [5.41, 5.74) is 1.50. The molecule has 0 aliphatic carbocycles. The quantitative estimate of drug-likeness (QED) is 0.816. The Bertz CT molecular complexity index is 761. The molecule has 0 unspecified atom stereocenters. The second-order valence-electron chi connectivity index (χ2n) is 8.62. The van der Waals surface area contributed by atoms with Gasteiger partial charge in [0.2, 0.25) is 5.89 Å². The summed E-state index contributed by atoms with van der Waals surface area (Å²) < 4.78 is 5.95. The van der Waals surface area contributed by atoms with Crippen molar-refractivity contribution in [3.63, 3.8) is 0 Å². The van der Waals surface area contributed by atoms with E-state index in [0.717, 1.165) is 37.8 Å². The van der Waals surface area contributed by atoms with Crippen molar-refractivity contribution in [1.29, 1.82) is 0 Å². The summed E-state index contributed by atoms with van der Waals surface area (Å²) in [6.45, 7) is 5.46. The van der Waals surface area contributed by atoms with Crippen LogP contribution in [0.5, 0.6) is 0 Å². The summed E-state index contributed by atoms with van der Waals surface area (Å²) >= 11 is 0. The summed E-state index contributed by atoms with van der Waals surface area (Å²) in [6.07, 6.45) is 7.25. The van der Waals surface area contributed by atoms with Gasteiger partial charge in [0.15, 0.2) is 0 Å². The first kappa shape index (κ1) is 17.2. The van der Waals surface area contributed by atoms with Crippen LogP contribution in [0, 0.1) is 11.8 Å². The molecule has 3 aliphatic heterocycles. The van der Waals surface area contributed by atoms with Crippen molar-refractivity contribution in [3.8, 4) is 0 Å². The van der Waals surface area contributed by atoms with Crippen molar-refractivity contribution < 1.29 is 4.42 Å². The van der Waals surface area contributed by atoms with Crippen LogP contribution in [0.4, 0.5) is 6.01 Å². The lowest BCUT2D eigenvalue weighted by atomic mass is 9.74. The summed E-state index contributed by atoms with van der Waals surface area (Å²) in [7, 11) is 0. The average Bonchev–Trinajstić information content (AvgIpc) is 3.17. The zero-order valence-electron chi connectivity index (χ0n) is 16.3. The highest BCUT2D eigenvalue weighted by molar-refractivity contribution is 5.28. The Kier molecular flexibility index (Phi) is 4.64. The molecule has 3 aliphatic rings. The molecule has 144 valence electrons. The minimum absolute atomic E-state index is 0.598. The lowest BCUT2D eigenvalue weighted by Gasteiger charge is -2.55. The van der Waals surface area contributed by atoms with Gasteiger partial charge in [0.25, 0.3) is 0 Å². The molecule has 2 aromatic rings. The zero-order valence-corrected chi connectivity index (χ0v) is 16.3. The van der Waals surface area contributed by atoms with Gasteiger partial charge in [-0.3, -0.25) is 4.90 Å². The summed E-state index contributed by atoms with van der Waals surface area (Å²) in [5.74, 6) is 2.20. The van der Waals surface area contributed by atoms with Gasteiger partial charge >= 0.3 is 6.01 Å². The number of hydrogen-bond donors (Lipinski definition) is 0. The van der Waals surface area contributed by atoms with Crippen molar-refractivity contribution in [3.05, 3.63) is 41.8 Å². The Labute approximate surface area is 161 Å². The van der Waals surface area contributed by atoms with E-state index in [1.807, 2.05) is 0 Å². The normalized spacial score (nSPS) is 30.9. The molecule has 5 heteroatoms. The fourth-order valence-electron chi connectivity index (χ4n) is 5.68. The van der Waals surface area contributed by atoms with Crippen LogP contribution in [0.3, 0.4) is 0 Å². The van der Waals surface area contributed by atoms with Crippen LogP contribution in [0.15, 0.2) is 34.7 Å². The molecule has 0 N–H and O–H groups in total. The molecule has 27 heavy (non-hydrogen) atoms. The van der Waals surface area contributed by atoms with Gasteiger partial charge in [0.05, 0.1) is 0 Å². The highest BCUT2D eigenvalue weighted by atomic mass is 16.4. The predicted octanol–water partition coefficient (Wildman–Crippen LogP) is 4.07. The zero-order chi connectivity index (χ0) is 18.2. The Hall–Kier alpha value is -1.88. The van der Waals surface area contributed by atoms with Gasteiger partial charge in [-0.1, -0.05) is 42.4 Å². The van der Waals surface area contributed by atoms with Crippen LogP contribution in [-0.4, -0.2) is 40.8 Å². The lowest BCUT2D eigenvalue weighted by Crippen LogP contribution is -2.59. The maximum absolute atomic E-state index is 5.95. The summed E-state index contributed by atoms with van der Waals surface area (Å²) in [4.78, 5) is 5.21. The lowest BCUT2D eigenvalue weighted by molar-refractivity contribution is -0.0207. The van der Waals surface area contributed by atoms with E-state index in [0.29, 0.717) is 23.9 Å². The van der Waals surface area contributed by atoms with Crippen molar-refractivity contribution >= 4 is 6.01 Å². The molecule has 3 saturated heterocycles. The van der Waals surface area contributed by atoms with E-state index in [1.165, 1.54) is 37.8 Å². The number of nitrogens with zero attached hydrogens (tertiary/aromatic N) is 4. The third-order valence-corrected chi connectivity index (χ3v) is 6.76. The molecule has 1 aromatic heterocycles. The van der Waals surface area contributed by atoms with E-state index in [4.69, 9.17) is 4.42 Å². The third-order valence-electron chi connectivity index (χ3n) is 6.76. The topological polar surface area (TPSA) is 45.4 Å². The Morgan fingerprint density at radius 2 is 1.96 bits per heavy atom. The van der Waals surface area contributed by atoms with E-state index in [1.54, 1.807) is 0 Å². The maximum atomic E-state index is 5.95. The smallest absolute Gasteiger partial charge is 0.318 e. The predicted molar refractivity (Wildman–Crippen MR) is 106 cm³/mol. The fraction of sp³-hybridized carbons (Fsp3) is 0.636. The van der Waals surface area contributed by atoms with Crippen LogP contribution >= 0.6 is 0 Å². The maximum Gasteiger partial charge on any atom is 0.318 e.